The maximum Gasteiger partial charge on any atom is 0.260 e. The molecule has 1 heterocycles. The molecule has 0 aliphatic rings. The van der Waals surface area contributed by atoms with Gasteiger partial charge < -0.3 is 4.57 Å². The Labute approximate surface area is 161 Å². The summed E-state index contributed by atoms with van der Waals surface area (Å²) in [7, 11) is 0. The third-order valence-corrected chi connectivity index (χ3v) is 4.66. The number of para-hydroxylation sites is 2. The van der Waals surface area contributed by atoms with Crippen molar-refractivity contribution >= 4 is 33.9 Å². The number of hydrazone groups is 1. The SMILES string of the molecule is Cc1ccc(/C=N/NC(=O)Cn2c3ccccc3c(=O)c3ccccc32)cc1. The lowest BCUT2D eigenvalue weighted by atomic mass is 10.1. The fourth-order valence-electron chi connectivity index (χ4n) is 3.26. The Kier molecular flexibility index (Phi) is 4.72. The van der Waals surface area contributed by atoms with Gasteiger partial charge in [-0.1, -0.05) is 54.1 Å². The van der Waals surface area contributed by atoms with Crippen LogP contribution >= 0.6 is 0 Å². The zero-order valence-corrected chi connectivity index (χ0v) is 15.4. The van der Waals surface area contributed by atoms with E-state index < -0.39 is 0 Å². The van der Waals surface area contributed by atoms with Crippen LogP contribution in [-0.4, -0.2) is 16.7 Å². The summed E-state index contributed by atoms with van der Waals surface area (Å²) in [5, 5.41) is 5.23. The van der Waals surface area contributed by atoms with Crippen LogP contribution in [0.3, 0.4) is 0 Å². The van der Waals surface area contributed by atoms with Gasteiger partial charge in [0.1, 0.15) is 6.54 Å². The van der Waals surface area contributed by atoms with Crippen LogP contribution in [0.5, 0.6) is 0 Å². The first-order chi connectivity index (χ1) is 13.6. The van der Waals surface area contributed by atoms with Crippen molar-refractivity contribution in [2.24, 2.45) is 5.10 Å². The molecule has 0 unspecified atom stereocenters. The van der Waals surface area contributed by atoms with Crippen LogP contribution in [0.15, 0.2) is 82.7 Å². The predicted molar refractivity (Wildman–Crippen MR) is 113 cm³/mol. The topological polar surface area (TPSA) is 63.5 Å². The van der Waals surface area contributed by atoms with Gasteiger partial charge >= 0.3 is 0 Å². The highest BCUT2D eigenvalue weighted by molar-refractivity contribution is 5.95. The van der Waals surface area contributed by atoms with E-state index in [0.717, 1.165) is 22.2 Å². The van der Waals surface area contributed by atoms with Crippen LogP contribution < -0.4 is 10.9 Å². The van der Waals surface area contributed by atoms with Gasteiger partial charge in [0, 0.05) is 10.8 Å². The van der Waals surface area contributed by atoms with E-state index in [-0.39, 0.29) is 17.9 Å². The Morgan fingerprint density at radius 2 is 1.50 bits per heavy atom. The number of aryl methyl sites for hydroxylation is 1. The summed E-state index contributed by atoms with van der Waals surface area (Å²) in [5.74, 6) is -0.262. The number of hydrogen-bond acceptors (Lipinski definition) is 3. The molecule has 5 heteroatoms. The largest absolute Gasteiger partial charge is 0.331 e. The molecule has 3 aromatic carbocycles. The second-order valence-corrected chi connectivity index (χ2v) is 6.65. The molecule has 1 N–H and O–H groups in total. The summed E-state index contributed by atoms with van der Waals surface area (Å²) in [6.07, 6.45) is 1.61. The quantitative estimate of drug-likeness (QED) is 0.339. The summed E-state index contributed by atoms with van der Waals surface area (Å²) in [6.45, 7) is 2.08. The molecule has 4 rings (SSSR count). The zero-order valence-electron chi connectivity index (χ0n) is 15.4. The van der Waals surface area contributed by atoms with E-state index in [4.69, 9.17) is 0 Å². The predicted octanol–water partition coefficient (Wildman–Crippen LogP) is 3.61. The smallest absolute Gasteiger partial charge is 0.260 e. The fraction of sp³-hybridized carbons (Fsp3) is 0.0870. The van der Waals surface area contributed by atoms with Crippen LogP contribution in [0.4, 0.5) is 0 Å². The number of pyridine rings is 1. The number of hydrogen-bond donors (Lipinski definition) is 1. The molecule has 0 saturated heterocycles. The second kappa shape index (κ2) is 7.48. The Bertz CT molecular complexity index is 1190. The number of benzene rings is 3. The van der Waals surface area contributed by atoms with Crippen molar-refractivity contribution in [1.82, 2.24) is 9.99 Å². The van der Waals surface area contributed by atoms with Crippen molar-refractivity contribution in [1.29, 1.82) is 0 Å². The molecule has 0 saturated carbocycles. The van der Waals surface area contributed by atoms with E-state index in [0.29, 0.717) is 10.8 Å². The summed E-state index contributed by atoms with van der Waals surface area (Å²) in [5.41, 5.74) is 6.07. The Morgan fingerprint density at radius 1 is 0.929 bits per heavy atom. The molecular formula is C23H19N3O2. The Balaban J connectivity index is 1.65. The van der Waals surface area contributed by atoms with Crippen molar-refractivity contribution in [2.45, 2.75) is 13.5 Å². The van der Waals surface area contributed by atoms with Crippen LogP contribution in [0.1, 0.15) is 11.1 Å². The van der Waals surface area contributed by atoms with Gasteiger partial charge in [-0.3, -0.25) is 9.59 Å². The summed E-state index contributed by atoms with van der Waals surface area (Å²) < 4.78 is 1.85. The van der Waals surface area contributed by atoms with Gasteiger partial charge in [0.25, 0.3) is 5.91 Å². The third kappa shape index (κ3) is 3.42. The summed E-state index contributed by atoms with van der Waals surface area (Å²) >= 11 is 0. The highest BCUT2D eigenvalue weighted by atomic mass is 16.2. The van der Waals surface area contributed by atoms with Crippen LogP contribution in [0, 0.1) is 6.92 Å². The zero-order chi connectivity index (χ0) is 19.5. The first-order valence-electron chi connectivity index (χ1n) is 9.02. The van der Waals surface area contributed by atoms with Gasteiger partial charge in [-0.25, -0.2) is 5.43 Å². The van der Waals surface area contributed by atoms with Crippen molar-refractivity contribution in [3.05, 3.63) is 94.1 Å². The Morgan fingerprint density at radius 3 is 2.11 bits per heavy atom. The van der Waals surface area contributed by atoms with Crippen molar-refractivity contribution in [3.8, 4) is 0 Å². The van der Waals surface area contributed by atoms with Crippen LogP contribution in [0.2, 0.25) is 0 Å². The molecule has 1 amide bonds. The maximum absolute atomic E-state index is 12.7. The Hall–Kier alpha value is -3.73. The highest BCUT2D eigenvalue weighted by Crippen LogP contribution is 2.18. The van der Waals surface area contributed by atoms with Gasteiger partial charge in [0.15, 0.2) is 5.43 Å². The van der Waals surface area contributed by atoms with E-state index in [9.17, 15) is 9.59 Å². The number of nitrogens with one attached hydrogen (secondary N) is 1. The first-order valence-corrected chi connectivity index (χ1v) is 9.02. The third-order valence-electron chi connectivity index (χ3n) is 4.66. The molecule has 0 radical (unpaired) electrons. The molecule has 0 fully saturated rings. The molecule has 28 heavy (non-hydrogen) atoms. The van der Waals surface area contributed by atoms with E-state index >= 15 is 0 Å². The standard InChI is InChI=1S/C23H19N3O2/c1-16-10-12-17(13-11-16)14-24-25-22(27)15-26-20-8-4-2-6-18(20)23(28)19-7-3-5-9-21(19)26/h2-14H,15H2,1H3,(H,25,27)/b24-14+. The lowest BCUT2D eigenvalue weighted by Crippen LogP contribution is -2.25. The van der Waals surface area contributed by atoms with Gasteiger partial charge in [0.2, 0.25) is 0 Å². The minimum absolute atomic E-state index is 0.0275. The van der Waals surface area contributed by atoms with Crippen molar-refractivity contribution < 1.29 is 4.79 Å². The van der Waals surface area contributed by atoms with Gasteiger partial charge in [-0.15, -0.1) is 0 Å². The van der Waals surface area contributed by atoms with E-state index in [1.165, 1.54) is 0 Å². The molecule has 0 bridgehead atoms. The number of carbonyl (C=O) groups excluding carboxylic acids is 1. The molecule has 1 aromatic heterocycles. The van der Waals surface area contributed by atoms with E-state index in [2.05, 4.69) is 10.5 Å². The number of fused-ring (bicyclic) bond motifs is 2. The molecule has 5 nitrogen and oxygen atoms in total. The first kappa shape index (κ1) is 17.7. The monoisotopic (exact) mass is 369 g/mol. The number of nitrogens with zero attached hydrogens (tertiary/aromatic N) is 2. The summed E-state index contributed by atoms with van der Waals surface area (Å²) in [4.78, 5) is 25.2. The normalized spacial score (nSPS) is 11.3. The van der Waals surface area contributed by atoms with E-state index in [1.807, 2.05) is 72.2 Å². The molecule has 4 aromatic rings. The molecule has 0 aliphatic carbocycles. The number of rotatable bonds is 4. The van der Waals surface area contributed by atoms with Crippen molar-refractivity contribution in [2.75, 3.05) is 0 Å². The maximum atomic E-state index is 12.7. The summed E-state index contributed by atoms with van der Waals surface area (Å²) in [6, 6.07) is 22.5. The number of amides is 1. The molecule has 138 valence electrons. The van der Waals surface area contributed by atoms with Crippen LogP contribution in [-0.2, 0) is 11.3 Å². The van der Waals surface area contributed by atoms with Gasteiger partial charge in [0.05, 0.1) is 17.2 Å². The number of carbonyl (C=O) groups is 1. The minimum atomic E-state index is -0.262. The van der Waals surface area contributed by atoms with Crippen LogP contribution in [0.25, 0.3) is 21.8 Å². The van der Waals surface area contributed by atoms with Gasteiger partial charge in [-0.05, 0) is 36.8 Å². The lowest BCUT2D eigenvalue weighted by Gasteiger charge is -2.14. The molecule has 0 spiro atoms. The van der Waals surface area contributed by atoms with E-state index in [1.54, 1.807) is 18.3 Å². The molecular weight excluding hydrogens is 350 g/mol. The molecule has 0 atom stereocenters. The second-order valence-electron chi connectivity index (χ2n) is 6.65. The van der Waals surface area contributed by atoms with Gasteiger partial charge in [-0.2, -0.15) is 5.10 Å². The lowest BCUT2D eigenvalue weighted by molar-refractivity contribution is -0.121. The highest BCUT2D eigenvalue weighted by Gasteiger charge is 2.12. The minimum Gasteiger partial charge on any atom is -0.331 e. The average Bonchev–Trinajstić information content (AvgIpc) is 2.72. The number of aromatic nitrogens is 1. The molecule has 0 aliphatic heterocycles. The fourth-order valence-corrected chi connectivity index (χ4v) is 3.26. The van der Waals surface area contributed by atoms with Crippen molar-refractivity contribution in [3.63, 3.8) is 0 Å². The average molecular weight is 369 g/mol.